The quantitative estimate of drug-likeness (QED) is 0.671. The first-order valence-corrected chi connectivity index (χ1v) is 6.38. The Balaban J connectivity index is 1.82. The molecule has 5 heteroatoms. The van der Waals surface area contributed by atoms with Crippen molar-refractivity contribution in [1.82, 2.24) is 10.6 Å². The molecule has 1 aliphatic rings. The number of urea groups is 1. The maximum Gasteiger partial charge on any atom is 0.326 e. The van der Waals surface area contributed by atoms with Gasteiger partial charge in [0.25, 0.3) is 5.91 Å². The van der Waals surface area contributed by atoms with E-state index in [1.54, 1.807) is 12.1 Å². The highest BCUT2D eigenvalue weighted by Gasteiger charge is 2.22. The van der Waals surface area contributed by atoms with E-state index in [1.807, 2.05) is 48.5 Å². The molecule has 0 aromatic heterocycles. The maximum absolute atomic E-state index is 11.5. The molecule has 1 fully saturated rings. The van der Waals surface area contributed by atoms with Crippen molar-refractivity contribution in [3.8, 4) is 11.5 Å². The number of hydrogen-bond acceptors (Lipinski definition) is 3. The van der Waals surface area contributed by atoms with E-state index in [0.29, 0.717) is 5.75 Å². The Morgan fingerprint density at radius 2 is 1.62 bits per heavy atom. The summed E-state index contributed by atoms with van der Waals surface area (Å²) in [5.41, 5.74) is 0.979. The van der Waals surface area contributed by atoms with Gasteiger partial charge in [-0.3, -0.25) is 10.1 Å². The van der Waals surface area contributed by atoms with Gasteiger partial charge in [0, 0.05) is 0 Å². The van der Waals surface area contributed by atoms with Gasteiger partial charge in [-0.2, -0.15) is 0 Å². The molecule has 0 saturated carbocycles. The number of benzene rings is 2. The molecule has 0 radical (unpaired) electrons. The van der Waals surface area contributed by atoms with Crippen LogP contribution in [0.15, 0.2) is 60.3 Å². The summed E-state index contributed by atoms with van der Waals surface area (Å²) in [4.78, 5) is 22.5. The molecule has 1 aliphatic heterocycles. The van der Waals surface area contributed by atoms with Crippen LogP contribution in [0.1, 0.15) is 5.56 Å². The fourth-order valence-electron chi connectivity index (χ4n) is 1.94. The van der Waals surface area contributed by atoms with E-state index in [4.69, 9.17) is 4.74 Å². The van der Waals surface area contributed by atoms with Gasteiger partial charge < -0.3 is 10.1 Å². The van der Waals surface area contributed by atoms with Crippen molar-refractivity contribution >= 4 is 18.0 Å². The number of nitrogens with one attached hydrogen (secondary N) is 2. The number of carbonyl (C=O) groups is 2. The van der Waals surface area contributed by atoms with Crippen LogP contribution in [-0.2, 0) is 4.79 Å². The van der Waals surface area contributed by atoms with E-state index in [9.17, 15) is 9.59 Å². The summed E-state index contributed by atoms with van der Waals surface area (Å²) < 4.78 is 5.71. The van der Waals surface area contributed by atoms with E-state index in [-0.39, 0.29) is 5.70 Å². The number of rotatable bonds is 3. The lowest BCUT2D eigenvalue weighted by Crippen LogP contribution is -2.22. The molecular formula is C16H12N2O3. The lowest BCUT2D eigenvalue weighted by Gasteiger charge is -2.06. The second kappa shape index (κ2) is 5.50. The minimum absolute atomic E-state index is 0.219. The third-order valence-corrected chi connectivity index (χ3v) is 2.87. The summed E-state index contributed by atoms with van der Waals surface area (Å²) in [6, 6.07) is 16.1. The number of ether oxygens (including phenoxy) is 1. The van der Waals surface area contributed by atoms with Crippen molar-refractivity contribution in [2.45, 2.75) is 0 Å². The molecule has 21 heavy (non-hydrogen) atoms. The number of carbonyl (C=O) groups excluding carboxylic acids is 2. The van der Waals surface area contributed by atoms with Gasteiger partial charge in [0.1, 0.15) is 17.2 Å². The largest absolute Gasteiger partial charge is 0.457 e. The average molecular weight is 280 g/mol. The van der Waals surface area contributed by atoms with Crippen LogP contribution >= 0.6 is 0 Å². The van der Waals surface area contributed by atoms with Crippen LogP contribution < -0.4 is 15.4 Å². The summed E-state index contributed by atoms with van der Waals surface area (Å²) in [6.07, 6.45) is 1.60. The molecule has 1 saturated heterocycles. The maximum atomic E-state index is 11.5. The van der Waals surface area contributed by atoms with Gasteiger partial charge in [0.2, 0.25) is 0 Å². The normalized spacial score (nSPS) is 15.7. The van der Waals surface area contributed by atoms with Crippen LogP contribution in [0, 0.1) is 0 Å². The Morgan fingerprint density at radius 1 is 0.857 bits per heavy atom. The molecule has 0 aliphatic carbocycles. The number of amides is 3. The molecule has 1 heterocycles. The third kappa shape index (κ3) is 3.09. The van der Waals surface area contributed by atoms with Gasteiger partial charge in [-0.05, 0) is 35.9 Å². The predicted molar refractivity (Wildman–Crippen MR) is 77.6 cm³/mol. The summed E-state index contributed by atoms with van der Waals surface area (Å²) >= 11 is 0. The van der Waals surface area contributed by atoms with Crippen molar-refractivity contribution in [2.75, 3.05) is 0 Å². The van der Waals surface area contributed by atoms with E-state index in [1.165, 1.54) is 0 Å². The standard InChI is InChI=1S/C16H12N2O3/c19-15-14(17-16(20)18-15)10-11-5-4-8-13(9-11)21-12-6-2-1-3-7-12/h1-10H,(H2,17,18,19,20)/b14-10+. The Hall–Kier alpha value is -3.08. The first-order chi connectivity index (χ1) is 10.2. The Bertz CT molecular complexity index is 723. The molecule has 2 aromatic carbocycles. The van der Waals surface area contributed by atoms with Crippen molar-refractivity contribution < 1.29 is 14.3 Å². The number of hydrogen-bond donors (Lipinski definition) is 2. The van der Waals surface area contributed by atoms with Gasteiger partial charge in [0.05, 0.1) is 0 Å². The lowest BCUT2D eigenvalue weighted by atomic mass is 10.2. The van der Waals surface area contributed by atoms with E-state index in [0.717, 1.165) is 11.3 Å². The van der Waals surface area contributed by atoms with Crippen LogP contribution in [0.2, 0.25) is 0 Å². The molecule has 5 nitrogen and oxygen atoms in total. The highest BCUT2D eigenvalue weighted by molar-refractivity contribution is 6.13. The summed E-state index contributed by atoms with van der Waals surface area (Å²) in [6.45, 7) is 0. The molecule has 0 atom stereocenters. The van der Waals surface area contributed by atoms with Crippen molar-refractivity contribution in [1.29, 1.82) is 0 Å². The summed E-state index contributed by atoms with van der Waals surface area (Å²) in [5, 5.41) is 4.60. The van der Waals surface area contributed by atoms with Crippen molar-refractivity contribution in [3.63, 3.8) is 0 Å². The van der Waals surface area contributed by atoms with Crippen LogP contribution in [0.3, 0.4) is 0 Å². The second-order valence-electron chi connectivity index (χ2n) is 4.45. The van der Waals surface area contributed by atoms with Crippen LogP contribution in [-0.4, -0.2) is 11.9 Å². The molecule has 0 unspecified atom stereocenters. The smallest absolute Gasteiger partial charge is 0.326 e. The van der Waals surface area contributed by atoms with Gasteiger partial charge in [-0.25, -0.2) is 4.79 Å². The minimum atomic E-state index is -0.511. The molecule has 0 spiro atoms. The SMILES string of the molecule is O=C1NC(=O)/C(=C\c2cccc(Oc3ccccc3)c2)N1. The molecule has 2 aromatic rings. The third-order valence-electron chi connectivity index (χ3n) is 2.87. The van der Waals surface area contributed by atoms with Crippen LogP contribution in [0.25, 0.3) is 6.08 Å². The fraction of sp³-hybridized carbons (Fsp3) is 0. The molecule has 3 amide bonds. The zero-order valence-electron chi connectivity index (χ0n) is 11.0. The lowest BCUT2D eigenvalue weighted by molar-refractivity contribution is -0.115. The molecule has 3 rings (SSSR count). The van der Waals surface area contributed by atoms with Gasteiger partial charge in [-0.15, -0.1) is 0 Å². The van der Waals surface area contributed by atoms with Crippen molar-refractivity contribution in [2.24, 2.45) is 0 Å². The Kier molecular flexibility index (Phi) is 3.39. The molecule has 2 N–H and O–H groups in total. The Morgan fingerprint density at radius 3 is 2.33 bits per heavy atom. The topological polar surface area (TPSA) is 67.4 Å². The monoisotopic (exact) mass is 280 g/mol. The minimum Gasteiger partial charge on any atom is -0.457 e. The van der Waals surface area contributed by atoms with Crippen LogP contribution in [0.4, 0.5) is 4.79 Å². The van der Waals surface area contributed by atoms with E-state index >= 15 is 0 Å². The average Bonchev–Trinajstić information content (AvgIpc) is 2.78. The molecular weight excluding hydrogens is 268 g/mol. The zero-order valence-corrected chi connectivity index (χ0v) is 11.0. The van der Waals surface area contributed by atoms with Gasteiger partial charge >= 0.3 is 6.03 Å². The van der Waals surface area contributed by atoms with Crippen molar-refractivity contribution in [3.05, 3.63) is 65.9 Å². The first kappa shape index (κ1) is 12.9. The number of para-hydroxylation sites is 1. The highest BCUT2D eigenvalue weighted by atomic mass is 16.5. The second-order valence-corrected chi connectivity index (χ2v) is 4.45. The van der Waals surface area contributed by atoms with Gasteiger partial charge in [0.15, 0.2) is 0 Å². The Labute approximate surface area is 121 Å². The zero-order chi connectivity index (χ0) is 14.7. The first-order valence-electron chi connectivity index (χ1n) is 6.38. The summed E-state index contributed by atoms with van der Waals surface area (Å²) in [5.74, 6) is 0.948. The number of imide groups is 1. The van der Waals surface area contributed by atoms with E-state index < -0.39 is 11.9 Å². The summed E-state index contributed by atoms with van der Waals surface area (Å²) in [7, 11) is 0. The predicted octanol–water partition coefficient (Wildman–Crippen LogP) is 2.66. The molecule has 104 valence electrons. The van der Waals surface area contributed by atoms with Gasteiger partial charge in [-0.1, -0.05) is 30.3 Å². The van der Waals surface area contributed by atoms with E-state index in [2.05, 4.69) is 10.6 Å². The fourth-order valence-corrected chi connectivity index (χ4v) is 1.94. The molecule has 0 bridgehead atoms. The highest BCUT2D eigenvalue weighted by Crippen LogP contribution is 2.22. The van der Waals surface area contributed by atoms with Crippen LogP contribution in [0.5, 0.6) is 11.5 Å².